The highest BCUT2D eigenvalue weighted by atomic mass is 32.2. The van der Waals surface area contributed by atoms with E-state index in [4.69, 9.17) is 4.74 Å². The molecule has 0 aliphatic rings. The monoisotopic (exact) mass is 443 g/mol. The van der Waals surface area contributed by atoms with E-state index in [1.54, 1.807) is 11.6 Å². The molecule has 32 heavy (non-hydrogen) atoms. The molecule has 0 saturated heterocycles. The second-order valence-corrected chi connectivity index (χ2v) is 8.19. The molecular weight excluding hydrogens is 422 g/mol. The Bertz CT molecular complexity index is 1360. The molecule has 2 aromatic carbocycles. The van der Waals surface area contributed by atoms with Gasteiger partial charge in [0.15, 0.2) is 11.0 Å². The van der Waals surface area contributed by atoms with Crippen molar-refractivity contribution in [2.24, 2.45) is 0 Å². The maximum absolute atomic E-state index is 5.59. The van der Waals surface area contributed by atoms with Crippen LogP contribution in [0.5, 0.6) is 5.75 Å². The lowest BCUT2D eigenvalue weighted by atomic mass is 10.1. The summed E-state index contributed by atoms with van der Waals surface area (Å²) in [6, 6.07) is 20.2. The highest BCUT2D eigenvalue weighted by molar-refractivity contribution is 7.99. The lowest BCUT2D eigenvalue weighted by molar-refractivity contribution is 0.415. The largest absolute Gasteiger partial charge is 0.496 e. The summed E-state index contributed by atoms with van der Waals surface area (Å²) in [5, 5.41) is 15.0. The molecule has 0 atom stereocenters. The number of hydrogen-bond donors (Lipinski definition) is 0. The molecule has 3 heterocycles. The minimum atomic E-state index is 0.563. The van der Waals surface area contributed by atoms with E-state index >= 15 is 0 Å². The molecule has 0 bridgehead atoms. The molecule has 0 saturated carbocycles. The van der Waals surface area contributed by atoms with Crippen molar-refractivity contribution >= 4 is 17.5 Å². The molecule has 0 N–H and O–H groups in total. The molecule has 0 radical (unpaired) electrons. The minimum absolute atomic E-state index is 0.563. The molecule has 0 aliphatic carbocycles. The Balaban J connectivity index is 1.57. The van der Waals surface area contributed by atoms with Gasteiger partial charge in [-0.15, -0.1) is 10.2 Å². The van der Waals surface area contributed by atoms with Crippen LogP contribution in [0.2, 0.25) is 0 Å². The van der Waals surface area contributed by atoms with E-state index in [-0.39, 0.29) is 0 Å². The SMILES string of the molecule is COc1ccccc1-c1nnc(Sc2cc(C)nc3ncnn23)n1CCc1ccccc1. The van der Waals surface area contributed by atoms with Crippen LogP contribution in [-0.2, 0) is 13.0 Å². The summed E-state index contributed by atoms with van der Waals surface area (Å²) in [5.41, 5.74) is 3.02. The molecule has 0 aliphatic heterocycles. The van der Waals surface area contributed by atoms with Crippen molar-refractivity contribution in [3.8, 4) is 17.1 Å². The van der Waals surface area contributed by atoms with Crippen molar-refractivity contribution in [3.63, 3.8) is 0 Å². The fourth-order valence-electron chi connectivity index (χ4n) is 3.54. The average Bonchev–Trinajstić information content (AvgIpc) is 3.45. The smallest absolute Gasteiger partial charge is 0.253 e. The quantitative estimate of drug-likeness (QED) is 0.350. The summed E-state index contributed by atoms with van der Waals surface area (Å²) in [7, 11) is 1.67. The van der Waals surface area contributed by atoms with Crippen LogP contribution in [0, 0.1) is 6.92 Å². The lowest BCUT2D eigenvalue weighted by Crippen LogP contribution is -2.07. The van der Waals surface area contributed by atoms with E-state index in [0.29, 0.717) is 5.78 Å². The van der Waals surface area contributed by atoms with Gasteiger partial charge in [0.1, 0.15) is 17.1 Å². The van der Waals surface area contributed by atoms with Gasteiger partial charge in [-0.1, -0.05) is 42.5 Å². The fourth-order valence-corrected chi connectivity index (χ4v) is 4.54. The van der Waals surface area contributed by atoms with Crippen LogP contribution in [0.1, 0.15) is 11.3 Å². The van der Waals surface area contributed by atoms with Gasteiger partial charge < -0.3 is 9.30 Å². The Morgan fingerprint density at radius 3 is 2.66 bits per heavy atom. The van der Waals surface area contributed by atoms with Gasteiger partial charge in [-0.2, -0.15) is 14.6 Å². The molecule has 0 spiro atoms. The number of rotatable bonds is 7. The van der Waals surface area contributed by atoms with Gasteiger partial charge in [0.2, 0.25) is 0 Å². The molecule has 8 nitrogen and oxygen atoms in total. The molecule has 160 valence electrons. The minimum Gasteiger partial charge on any atom is -0.496 e. The van der Waals surface area contributed by atoms with E-state index in [9.17, 15) is 0 Å². The van der Waals surface area contributed by atoms with E-state index in [1.165, 1.54) is 23.7 Å². The molecule has 0 amide bonds. The normalized spacial score (nSPS) is 11.2. The van der Waals surface area contributed by atoms with Crippen molar-refractivity contribution < 1.29 is 4.74 Å². The molecule has 0 unspecified atom stereocenters. The van der Waals surface area contributed by atoms with Crippen LogP contribution in [0.4, 0.5) is 0 Å². The topological polar surface area (TPSA) is 83.0 Å². The highest BCUT2D eigenvalue weighted by Crippen LogP contribution is 2.33. The van der Waals surface area contributed by atoms with Crippen molar-refractivity contribution in [1.82, 2.24) is 34.3 Å². The van der Waals surface area contributed by atoms with Gasteiger partial charge in [-0.05, 0) is 48.9 Å². The van der Waals surface area contributed by atoms with Crippen LogP contribution >= 0.6 is 11.8 Å². The van der Waals surface area contributed by atoms with E-state index in [2.05, 4.69) is 54.1 Å². The Morgan fingerprint density at radius 1 is 1.00 bits per heavy atom. The number of ether oxygens (including phenoxy) is 1. The molecular formula is C23H21N7OS. The Morgan fingerprint density at radius 2 is 1.81 bits per heavy atom. The van der Waals surface area contributed by atoms with Gasteiger partial charge in [0, 0.05) is 12.2 Å². The zero-order valence-corrected chi connectivity index (χ0v) is 18.5. The fraction of sp³-hybridized carbons (Fsp3) is 0.174. The lowest BCUT2D eigenvalue weighted by Gasteiger charge is -2.13. The Hall–Kier alpha value is -3.72. The van der Waals surface area contributed by atoms with Crippen molar-refractivity contribution in [1.29, 1.82) is 0 Å². The van der Waals surface area contributed by atoms with Crippen molar-refractivity contribution in [2.45, 2.75) is 30.1 Å². The van der Waals surface area contributed by atoms with Gasteiger partial charge >= 0.3 is 0 Å². The third kappa shape index (κ3) is 3.94. The summed E-state index contributed by atoms with van der Waals surface area (Å²) >= 11 is 1.50. The molecule has 5 rings (SSSR count). The second kappa shape index (κ2) is 8.80. The van der Waals surface area contributed by atoms with Crippen LogP contribution < -0.4 is 4.74 Å². The molecule has 9 heteroatoms. The van der Waals surface area contributed by atoms with Gasteiger partial charge in [0.05, 0.1) is 12.7 Å². The summed E-state index contributed by atoms with van der Waals surface area (Å²) in [6.45, 7) is 2.66. The molecule has 3 aromatic heterocycles. The third-order valence-electron chi connectivity index (χ3n) is 5.07. The number of hydrogen-bond acceptors (Lipinski definition) is 7. The predicted octanol–water partition coefficient (Wildman–Crippen LogP) is 4.09. The van der Waals surface area contributed by atoms with Crippen LogP contribution in [0.15, 0.2) is 77.2 Å². The number of aromatic nitrogens is 7. The van der Waals surface area contributed by atoms with Crippen LogP contribution in [0.25, 0.3) is 17.2 Å². The number of fused-ring (bicyclic) bond motifs is 1. The number of aryl methyl sites for hydroxylation is 2. The molecule has 0 fully saturated rings. The Kier molecular flexibility index (Phi) is 5.55. The first-order valence-electron chi connectivity index (χ1n) is 10.2. The van der Waals surface area contributed by atoms with Crippen LogP contribution in [-0.4, -0.2) is 41.5 Å². The van der Waals surface area contributed by atoms with Crippen molar-refractivity contribution in [2.75, 3.05) is 7.11 Å². The van der Waals surface area contributed by atoms with Crippen molar-refractivity contribution in [3.05, 3.63) is 78.2 Å². The summed E-state index contributed by atoms with van der Waals surface area (Å²) < 4.78 is 9.44. The van der Waals surface area contributed by atoms with Gasteiger partial charge in [-0.25, -0.2) is 4.98 Å². The first kappa shape index (κ1) is 20.2. The highest BCUT2D eigenvalue weighted by Gasteiger charge is 2.19. The first-order valence-corrected chi connectivity index (χ1v) is 11.0. The molecule has 5 aromatic rings. The Labute approximate surface area is 189 Å². The van der Waals surface area contributed by atoms with Gasteiger partial charge in [0.25, 0.3) is 5.78 Å². The zero-order valence-electron chi connectivity index (χ0n) is 17.7. The van der Waals surface area contributed by atoms with E-state index < -0.39 is 0 Å². The number of para-hydroxylation sites is 1. The zero-order chi connectivity index (χ0) is 21.9. The third-order valence-corrected chi connectivity index (χ3v) is 6.06. The number of methoxy groups -OCH3 is 1. The summed E-state index contributed by atoms with van der Waals surface area (Å²) in [5.74, 6) is 2.09. The second-order valence-electron chi connectivity index (χ2n) is 7.20. The average molecular weight is 444 g/mol. The predicted molar refractivity (Wildman–Crippen MR) is 122 cm³/mol. The van der Waals surface area contributed by atoms with E-state index in [0.717, 1.165) is 46.0 Å². The standard InChI is InChI=1S/C23H21N7OS/c1-16-14-20(30-22(26-16)24-15-25-30)32-23-28-27-21(18-10-6-7-11-19(18)31-2)29(23)13-12-17-8-4-3-5-9-17/h3-11,14-15H,12-13H2,1-2H3. The maximum atomic E-state index is 5.59. The summed E-state index contributed by atoms with van der Waals surface area (Å²) in [4.78, 5) is 8.65. The van der Waals surface area contributed by atoms with E-state index in [1.807, 2.05) is 43.3 Å². The maximum Gasteiger partial charge on any atom is 0.253 e. The number of nitrogens with zero attached hydrogens (tertiary/aromatic N) is 7. The first-order chi connectivity index (χ1) is 15.7. The van der Waals surface area contributed by atoms with Gasteiger partial charge in [-0.3, -0.25) is 0 Å². The van der Waals surface area contributed by atoms with Crippen LogP contribution in [0.3, 0.4) is 0 Å². The number of benzene rings is 2. The summed E-state index contributed by atoms with van der Waals surface area (Å²) in [6.07, 6.45) is 2.36.